The summed E-state index contributed by atoms with van der Waals surface area (Å²) in [6.45, 7) is 0.197. The molecule has 3 rings (SSSR count). The zero-order valence-corrected chi connectivity index (χ0v) is 15.4. The van der Waals surface area contributed by atoms with Gasteiger partial charge in [0.1, 0.15) is 6.10 Å². The van der Waals surface area contributed by atoms with E-state index in [0.29, 0.717) is 24.4 Å². The van der Waals surface area contributed by atoms with E-state index in [1.54, 1.807) is 6.07 Å². The summed E-state index contributed by atoms with van der Waals surface area (Å²) in [5.41, 5.74) is 0.864. The topological polar surface area (TPSA) is 87.7 Å². The molecule has 2 amide bonds. The Kier molecular flexibility index (Phi) is 6.51. The maximum Gasteiger partial charge on any atom is 0.223 e. The van der Waals surface area contributed by atoms with Crippen LogP contribution in [0.2, 0.25) is 5.02 Å². The van der Waals surface area contributed by atoms with Crippen LogP contribution in [-0.4, -0.2) is 41.8 Å². The van der Waals surface area contributed by atoms with Gasteiger partial charge in [-0.25, -0.2) is 0 Å². The molecule has 26 heavy (non-hydrogen) atoms. The Morgan fingerprint density at radius 1 is 1.19 bits per heavy atom. The second-order valence-corrected chi connectivity index (χ2v) is 7.43. The molecule has 2 aliphatic rings. The smallest absolute Gasteiger partial charge is 0.223 e. The molecule has 1 saturated carbocycles. The Hall–Kier alpha value is -1.63. The van der Waals surface area contributed by atoms with Gasteiger partial charge in [0.05, 0.1) is 25.2 Å². The number of hydrogen-bond donors (Lipinski definition) is 3. The van der Waals surface area contributed by atoms with E-state index in [-0.39, 0.29) is 42.9 Å². The third-order valence-electron chi connectivity index (χ3n) is 4.92. The van der Waals surface area contributed by atoms with Gasteiger partial charge in [-0.2, -0.15) is 0 Å². The Balaban J connectivity index is 1.44. The van der Waals surface area contributed by atoms with Crippen molar-refractivity contribution in [2.45, 2.75) is 56.9 Å². The number of carbonyl (C=O) groups is 2. The van der Waals surface area contributed by atoms with E-state index < -0.39 is 6.10 Å². The summed E-state index contributed by atoms with van der Waals surface area (Å²) >= 11 is 6.08. The maximum atomic E-state index is 12.2. The normalized spacial score (nSPS) is 25.5. The molecule has 3 N–H and O–H groups in total. The quantitative estimate of drug-likeness (QED) is 0.673. The first-order chi connectivity index (χ1) is 12.6. The Labute approximate surface area is 158 Å². The highest BCUT2D eigenvalue weighted by Gasteiger charge is 2.36. The van der Waals surface area contributed by atoms with E-state index in [4.69, 9.17) is 16.3 Å². The molecule has 0 radical (unpaired) electrons. The van der Waals surface area contributed by atoms with Gasteiger partial charge in [-0.3, -0.25) is 9.59 Å². The van der Waals surface area contributed by atoms with E-state index in [1.807, 2.05) is 18.2 Å². The molecular formula is C19H25ClN2O4. The molecule has 7 heteroatoms. The molecule has 0 aromatic heterocycles. The lowest BCUT2D eigenvalue weighted by atomic mass is 9.96. The Morgan fingerprint density at radius 3 is 2.65 bits per heavy atom. The van der Waals surface area contributed by atoms with Crippen LogP contribution in [0.25, 0.3) is 0 Å². The molecule has 0 spiro atoms. The number of aliphatic hydroxyl groups excluding tert-OH is 1. The fourth-order valence-electron chi connectivity index (χ4n) is 3.21. The van der Waals surface area contributed by atoms with Crippen LogP contribution >= 0.6 is 11.6 Å². The van der Waals surface area contributed by atoms with Gasteiger partial charge in [0, 0.05) is 17.5 Å². The van der Waals surface area contributed by atoms with E-state index in [0.717, 1.165) is 18.4 Å². The molecular weight excluding hydrogens is 356 g/mol. The average molecular weight is 381 g/mol. The van der Waals surface area contributed by atoms with Crippen molar-refractivity contribution < 1.29 is 19.4 Å². The van der Waals surface area contributed by atoms with Gasteiger partial charge in [-0.1, -0.05) is 29.8 Å². The molecule has 1 aromatic rings. The molecule has 3 atom stereocenters. The number of rotatable bonds is 7. The highest BCUT2D eigenvalue weighted by Crippen LogP contribution is 2.30. The number of ether oxygens (including phenoxy) is 1. The van der Waals surface area contributed by atoms with Gasteiger partial charge in [0.2, 0.25) is 11.8 Å². The number of nitrogens with one attached hydrogen (secondary N) is 2. The van der Waals surface area contributed by atoms with Crippen molar-refractivity contribution in [2.75, 3.05) is 6.61 Å². The van der Waals surface area contributed by atoms with Crippen LogP contribution < -0.4 is 10.6 Å². The minimum Gasteiger partial charge on any atom is -0.394 e. The van der Waals surface area contributed by atoms with Gasteiger partial charge in [0.15, 0.2) is 0 Å². The van der Waals surface area contributed by atoms with E-state index in [9.17, 15) is 14.7 Å². The summed E-state index contributed by atoms with van der Waals surface area (Å²) in [7, 11) is 0. The summed E-state index contributed by atoms with van der Waals surface area (Å²) in [4.78, 5) is 24.1. The average Bonchev–Trinajstić information content (AvgIpc) is 3.47. The van der Waals surface area contributed by atoms with Crippen molar-refractivity contribution in [3.8, 4) is 0 Å². The second-order valence-electron chi connectivity index (χ2n) is 7.02. The largest absolute Gasteiger partial charge is 0.394 e. The van der Waals surface area contributed by atoms with Crippen LogP contribution in [0.3, 0.4) is 0 Å². The first-order valence-electron chi connectivity index (χ1n) is 9.13. The molecule has 2 fully saturated rings. The third kappa shape index (κ3) is 5.19. The SMILES string of the molecule is O=C(C[C@@H]1CC[C@@H](NC(=O)C2CC2)[C@H](CO)O1)NCc1ccccc1Cl. The number of aliphatic hydroxyl groups is 1. The van der Waals surface area contributed by atoms with Crippen LogP contribution in [0.15, 0.2) is 24.3 Å². The fraction of sp³-hybridized carbons (Fsp3) is 0.579. The summed E-state index contributed by atoms with van der Waals surface area (Å²) in [5, 5.41) is 16.0. The lowest BCUT2D eigenvalue weighted by Gasteiger charge is -2.36. The van der Waals surface area contributed by atoms with Crippen LogP contribution in [0.5, 0.6) is 0 Å². The monoisotopic (exact) mass is 380 g/mol. The first-order valence-corrected chi connectivity index (χ1v) is 9.51. The number of amides is 2. The van der Waals surface area contributed by atoms with Crippen LogP contribution in [0, 0.1) is 5.92 Å². The van der Waals surface area contributed by atoms with Crippen LogP contribution in [0.4, 0.5) is 0 Å². The molecule has 1 aliphatic heterocycles. The molecule has 1 heterocycles. The predicted molar refractivity (Wildman–Crippen MR) is 97.6 cm³/mol. The van der Waals surface area contributed by atoms with Crippen molar-refractivity contribution in [3.63, 3.8) is 0 Å². The number of benzene rings is 1. The second kappa shape index (κ2) is 8.84. The summed E-state index contributed by atoms with van der Waals surface area (Å²) in [5.74, 6) is 0.0581. The minimum atomic E-state index is -0.465. The lowest BCUT2D eigenvalue weighted by molar-refractivity contribution is -0.136. The van der Waals surface area contributed by atoms with Crippen LogP contribution in [-0.2, 0) is 20.9 Å². The summed E-state index contributed by atoms with van der Waals surface area (Å²) in [6, 6.07) is 7.19. The van der Waals surface area contributed by atoms with Gasteiger partial charge < -0.3 is 20.5 Å². The van der Waals surface area contributed by atoms with E-state index >= 15 is 0 Å². The fourth-order valence-corrected chi connectivity index (χ4v) is 3.41. The van der Waals surface area contributed by atoms with Gasteiger partial charge in [-0.15, -0.1) is 0 Å². The zero-order valence-electron chi connectivity index (χ0n) is 14.6. The predicted octanol–water partition coefficient (Wildman–Crippen LogP) is 1.78. The van der Waals surface area contributed by atoms with Crippen molar-refractivity contribution in [1.29, 1.82) is 0 Å². The molecule has 142 valence electrons. The van der Waals surface area contributed by atoms with Crippen molar-refractivity contribution in [3.05, 3.63) is 34.9 Å². The van der Waals surface area contributed by atoms with Gasteiger partial charge >= 0.3 is 0 Å². The molecule has 1 aromatic carbocycles. The highest BCUT2D eigenvalue weighted by atomic mass is 35.5. The molecule has 0 bridgehead atoms. The number of carbonyl (C=O) groups excluding carboxylic acids is 2. The number of halogens is 1. The molecule has 6 nitrogen and oxygen atoms in total. The standard InChI is InChI=1S/C19H25ClN2O4/c20-15-4-2-1-3-13(15)10-21-18(24)9-14-7-8-16(17(11-23)26-14)22-19(25)12-5-6-12/h1-4,12,14,16-17,23H,5-11H2,(H,21,24)(H,22,25)/t14-,16+,17-/m0/s1. The third-order valence-corrected chi connectivity index (χ3v) is 5.29. The van der Waals surface area contributed by atoms with Crippen LogP contribution in [0.1, 0.15) is 37.7 Å². The van der Waals surface area contributed by atoms with Gasteiger partial charge in [0.25, 0.3) is 0 Å². The zero-order chi connectivity index (χ0) is 18.5. The molecule has 1 aliphatic carbocycles. The molecule has 0 unspecified atom stereocenters. The maximum absolute atomic E-state index is 12.2. The first kappa shape index (κ1) is 19.1. The molecule has 1 saturated heterocycles. The van der Waals surface area contributed by atoms with E-state index in [2.05, 4.69) is 10.6 Å². The van der Waals surface area contributed by atoms with Crippen molar-refractivity contribution >= 4 is 23.4 Å². The lowest BCUT2D eigenvalue weighted by Crippen LogP contribution is -2.51. The Bertz CT molecular complexity index is 650. The Morgan fingerprint density at radius 2 is 1.96 bits per heavy atom. The minimum absolute atomic E-state index is 0.0491. The van der Waals surface area contributed by atoms with E-state index in [1.165, 1.54) is 0 Å². The summed E-state index contributed by atoms with van der Waals surface area (Å²) in [6.07, 6.45) is 2.76. The van der Waals surface area contributed by atoms with Gasteiger partial charge in [-0.05, 0) is 37.3 Å². The van der Waals surface area contributed by atoms with Crippen molar-refractivity contribution in [1.82, 2.24) is 10.6 Å². The number of hydrogen-bond acceptors (Lipinski definition) is 4. The highest BCUT2D eigenvalue weighted by molar-refractivity contribution is 6.31. The summed E-state index contributed by atoms with van der Waals surface area (Å²) < 4.78 is 5.84. The van der Waals surface area contributed by atoms with Crippen molar-refractivity contribution in [2.24, 2.45) is 5.92 Å².